The molecule has 1 saturated heterocycles. The molecule has 88 valence electrons. The largest absolute Gasteiger partial charge is 0.468 e. The number of Topliss-reactive ketones (excluding diaryl/α,β-unsaturated/α-hetero) is 1. The summed E-state index contributed by atoms with van der Waals surface area (Å²) in [5.74, 6) is -3.04. The molecule has 1 aromatic rings. The van der Waals surface area contributed by atoms with Gasteiger partial charge in [-0.2, -0.15) is 0 Å². The molecule has 5 nitrogen and oxygen atoms in total. The van der Waals surface area contributed by atoms with Crippen LogP contribution in [-0.2, 0) is 19.1 Å². The zero-order valence-electron chi connectivity index (χ0n) is 9.25. The Morgan fingerprint density at radius 1 is 1.29 bits per heavy atom. The second-order valence-corrected chi connectivity index (χ2v) is 3.69. The number of esters is 1. The SMILES string of the molecule is COC(=O)C1CN(c2ccccc2)C(=O)C1=O. The molecule has 1 aliphatic rings. The van der Waals surface area contributed by atoms with Gasteiger partial charge in [-0.25, -0.2) is 0 Å². The van der Waals surface area contributed by atoms with Gasteiger partial charge < -0.3 is 9.64 Å². The van der Waals surface area contributed by atoms with Gasteiger partial charge in [-0.05, 0) is 12.1 Å². The second kappa shape index (κ2) is 4.37. The van der Waals surface area contributed by atoms with Gasteiger partial charge in [0.05, 0.1) is 7.11 Å². The number of amides is 1. The number of hydrogen-bond acceptors (Lipinski definition) is 4. The highest BCUT2D eigenvalue weighted by atomic mass is 16.5. The lowest BCUT2D eigenvalue weighted by Crippen LogP contribution is -2.26. The van der Waals surface area contributed by atoms with Gasteiger partial charge >= 0.3 is 5.97 Å². The average Bonchev–Trinajstić information content (AvgIpc) is 2.67. The highest BCUT2D eigenvalue weighted by Crippen LogP contribution is 2.23. The van der Waals surface area contributed by atoms with Crippen LogP contribution in [0.4, 0.5) is 5.69 Å². The number of methoxy groups -OCH3 is 1. The Labute approximate surface area is 98.0 Å². The Bertz CT molecular complexity index is 469. The zero-order chi connectivity index (χ0) is 12.4. The molecule has 1 unspecified atom stereocenters. The number of para-hydroxylation sites is 1. The van der Waals surface area contributed by atoms with Crippen molar-refractivity contribution in [3.05, 3.63) is 30.3 Å². The maximum Gasteiger partial charge on any atom is 0.318 e. The number of nitrogens with zero attached hydrogens (tertiary/aromatic N) is 1. The van der Waals surface area contributed by atoms with Crippen LogP contribution >= 0.6 is 0 Å². The molecule has 17 heavy (non-hydrogen) atoms. The molecule has 0 spiro atoms. The minimum absolute atomic E-state index is 0.0500. The topological polar surface area (TPSA) is 63.7 Å². The lowest BCUT2D eigenvalue weighted by Gasteiger charge is -2.14. The summed E-state index contributed by atoms with van der Waals surface area (Å²) in [7, 11) is 1.20. The third-order valence-corrected chi connectivity index (χ3v) is 2.69. The van der Waals surface area contributed by atoms with Gasteiger partial charge in [0.1, 0.15) is 5.92 Å². The molecule has 5 heteroatoms. The van der Waals surface area contributed by atoms with Crippen LogP contribution in [0.2, 0.25) is 0 Å². The van der Waals surface area contributed by atoms with Crippen molar-refractivity contribution in [1.29, 1.82) is 0 Å². The van der Waals surface area contributed by atoms with Crippen LogP contribution in [0.25, 0.3) is 0 Å². The summed E-state index contributed by atoms with van der Waals surface area (Å²) < 4.78 is 4.50. The normalized spacial score (nSPS) is 19.6. The van der Waals surface area contributed by atoms with E-state index in [1.165, 1.54) is 12.0 Å². The molecule has 0 radical (unpaired) electrons. The lowest BCUT2D eigenvalue weighted by molar-refractivity contribution is -0.149. The van der Waals surface area contributed by atoms with Crippen molar-refractivity contribution in [1.82, 2.24) is 0 Å². The highest BCUT2D eigenvalue weighted by Gasteiger charge is 2.44. The van der Waals surface area contributed by atoms with Crippen molar-refractivity contribution in [2.75, 3.05) is 18.6 Å². The van der Waals surface area contributed by atoms with E-state index in [1.54, 1.807) is 24.3 Å². The Hall–Kier alpha value is -2.17. The third-order valence-electron chi connectivity index (χ3n) is 2.69. The van der Waals surface area contributed by atoms with Crippen molar-refractivity contribution in [2.24, 2.45) is 5.92 Å². The molecule has 1 aliphatic heterocycles. The number of carbonyl (C=O) groups excluding carboxylic acids is 3. The maximum atomic E-state index is 11.7. The predicted octanol–water partition coefficient (Wildman–Crippen LogP) is 0.391. The number of rotatable bonds is 2. The van der Waals surface area contributed by atoms with E-state index in [2.05, 4.69) is 4.74 Å². The first-order valence-corrected chi connectivity index (χ1v) is 5.13. The fourth-order valence-corrected chi connectivity index (χ4v) is 1.78. The number of anilines is 1. The lowest BCUT2D eigenvalue weighted by atomic mass is 10.1. The van der Waals surface area contributed by atoms with Crippen LogP contribution < -0.4 is 4.90 Å². The highest BCUT2D eigenvalue weighted by molar-refractivity contribution is 6.47. The summed E-state index contributed by atoms with van der Waals surface area (Å²) in [6.07, 6.45) is 0. The van der Waals surface area contributed by atoms with E-state index < -0.39 is 23.6 Å². The summed E-state index contributed by atoms with van der Waals surface area (Å²) in [4.78, 5) is 35.9. The molecule has 0 saturated carbocycles. The summed E-state index contributed by atoms with van der Waals surface area (Å²) >= 11 is 0. The fraction of sp³-hybridized carbons (Fsp3) is 0.250. The van der Waals surface area contributed by atoms with E-state index >= 15 is 0 Å². The second-order valence-electron chi connectivity index (χ2n) is 3.69. The predicted molar refractivity (Wildman–Crippen MR) is 59.3 cm³/mol. The smallest absolute Gasteiger partial charge is 0.318 e. The summed E-state index contributed by atoms with van der Waals surface area (Å²) in [5.41, 5.74) is 0.609. The molecule has 1 fully saturated rings. The molecular formula is C12H11NO4. The van der Waals surface area contributed by atoms with Gasteiger partial charge in [0.15, 0.2) is 0 Å². The van der Waals surface area contributed by atoms with Crippen LogP contribution in [0, 0.1) is 5.92 Å². The number of hydrogen-bond donors (Lipinski definition) is 0. The first-order chi connectivity index (χ1) is 8.15. The molecule has 0 N–H and O–H groups in total. The number of benzene rings is 1. The van der Waals surface area contributed by atoms with Crippen LogP contribution in [0.3, 0.4) is 0 Å². The molecule has 1 aromatic carbocycles. The maximum absolute atomic E-state index is 11.7. The van der Waals surface area contributed by atoms with Crippen LogP contribution in [0.5, 0.6) is 0 Å². The number of carbonyl (C=O) groups is 3. The van der Waals surface area contributed by atoms with E-state index in [0.29, 0.717) is 5.69 Å². The van der Waals surface area contributed by atoms with E-state index in [0.717, 1.165) is 0 Å². The van der Waals surface area contributed by atoms with Gasteiger partial charge in [-0.3, -0.25) is 14.4 Å². The van der Waals surface area contributed by atoms with E-state index in [4.69, 9.17) is 0 Å². The molecule has 0 bridgehead atoms. The molecule has 0 aliphatic carbocycles. The molecule has 0 aromatic heterocycles. The Balaban J connectivity index is 2.26. The minimum atomic E-state index is -1.01. The molecule has 1 amide bonds. The number of ketones is 1. The standard InChI is InChI=1S/C12H11NO4/c1-17-12(16)9-7-13(11(15)10(9)14)8-5-3-2-4-6-8/h2-6,9H,7H2,1H3. The van der Waals surface area contributed by atoms with Crippen LogP contribution in [-0.4, -0.2) is 31.3 Å². The monoisotopic (exact) mass is 233 g/mol. The molecule has 2 rings (SSSR count). The minimum Gasteiger partial charge on any atom is -0.468 e. The quantitative estimate of drug-likeness (QED) is 0.421. The van der Waals surface area contributed by atoms with Crippen LogP contribution in [0.15, 0.2) is 30.3 Å². The van der Waals surface area contributed by atoms with Crippen molar-refractivity contribution in [3.63, 3.8) is 0 Å². The van der Waals surface area contributed by atoms with Crippen molar-refractivity contribution in [2.45, 2.75) is 0 Å². The van der Waals surface area contributed by atoms with Gasteiger partial charge in [-0.15, -0.1) is 0 Å². The van der Waals surface area contributed by atoms with Gasteiger partial charge in [0, 0.05) is 12.2 Å². The first-order valence-electron chi connectivity index (χ1n) is 5.13. The van der Waals surface area contributed by atoms with Crippen molar-refractivity contribution >= 4 is 23.3 Å². The van der Waals surface area contributed by atoms with Crippen LogP contribution in [0.1, 0.15) is 0 Å². The molecule has 1 atom stereocenters. The third kappa shape index (κ3) is 1.91. The van der Waals surface area contributed by atoms with Gasteiger partial charge in [0.2, 0.25) is 5.78 Å². The molecular weight excluding hydrogens is 222 g/mol. The summed E-state index contributed by atoms with van der Waals surface area (Å²) in [6, 6.07) is 8.76. The Morgan fingerprint density at radius 2 is 1.94 bits per heavy atom. The van der Waals surface area contributed by atoms with Gasteiger partial charge in [-0.1, -0.05) is 18.2 Å². The fourth-order valence-electron chi connectivity index (χ4n) is 1.78. The molecule has 1 heterocycles. The summed E-state index contributed by atoms with van der Waals surface area (Å²) in [6.45, 7) is 0.0500. The van der Waals surface area contributed by atoms with E-state index in [1.807, 2.05) is 6.07 Å². The van der Waals surface area contributed by atoms with E-state index in [-0.39, 0.29) is 6.54 Å². The van der Waals surface area contributed by atoms with Gasteiger partial charge in [0.25, 0.3) is 5.91 Å². The number of ether oxygens (including phenoxy) is 1. The Morgan fingerprint density at radius 3 is 2.53 bits per heavy atom. The Kier molecular flexibility index (Phi) is 2.91. The van der Waals surface area contributed by atoms with Crippen molar-refractivity contribution in [3.8, 4) is 0 Å². The average molecular weight is 233 g/mol. The summed E-state index contributed by atoms with van der Waals surface area (Å²) in [5, 5.41) is 0. The van der Waals surface area contributed by atoms with Crippen molar-refractivity contribution < 1.29 is 19.1 Å². The first kappa shape index (κ1) is 11.3. The zero-order valence-corrected chi connectivity index (χ0v) is 9.25. The van der Waals surface area contributed by atoms with E-state index in [9.17, 15) is 14.4 Å².